The van der Waals surface area contributed by atoms with Crippen molar-refractivity contribution >= 4 is 54.3 Å². The molecule has 4 aromatic rings. The quantitative estimate of drug-likeness (QED) is 0.193. The molecule has 1 heterocycles. The van der Waals surface area contributed by atoms with Crippen LogP contribution in [0.3, 0.4) is 0 Å². The van der Waals surface area contributed by atoms with Crippen LogP contribution in [0.4, 0.5) is 0 Å². The van der Waals surface area contributed by atoms with Gasteiger partial charge in [-0.1, -0.05) is 0 Å². The number of hydrogen-bond acceptors (Lipinski definition) is 0. The molecular formula is C31H30Cl2Si2Zr. The maximum absolute atomic E-state index is 7.84. The molecule has 0 fully saturated rings. The molecular weight excluding hydrogens is 591 g/mol. The Hall–Kier alpha value is -1.48. The Bertz CT molecular complexity index is 1530. The van der Waals surface area contributed by atoms with E-state index in [0.29, 0.717) is 0 Å². The molecule has 0 radical (unpaired) electrons. The first-order chi connectivity index (χ1) is 17.2. The van der Waals surface area contributed by atoms with Crippen LogP contribution in [0.5, 0.6) is 0 Å². The average molecular weight is 621 g/mol. The van der Waals surface area contributed by atoms with Gasteiger partial charge in [0.05, 0.1) is 0 Å². The number of allylic oxidation sites excluding steroid dienone is 1. The molecule has 0 saturated heterocycles. The van der Waals surface area contributed by atoms with Gasteiger partial charge in [0.15, 0.2) is 0 Å². The summed E-state index contributed by atoms with van der Waals surface area (Å²) in [6.45, 7) is 9.57. The van der Waals surface area contributed by atoms with Crippen LogP contribution in [0.25, 0.3) is 28.3 Å². The second-order valence-corrected chi connectivity index (χ2v) is 32.1. The van der Waals surface area contributed by atoms with E-state index in [2.05, 4.69) is 118 Å². The SMILES string of the molecule is Cc1ccc2c(c1-c1ccccc1)C=C([Si](C)(C)C)[CH]2[Zr]([Cl])([Cl])[c]1cccc2c1[SiH2]c1ccccc1-2. The summed E-state index contributed by atoms with van der Waals surface area (Å²) < 4.78 is 1.47. The standard InChI is InChI=1S/C19H21Si.C12H9Si.2ClH.Zr/c1-14-10-11-16-12-17(20(2,3)4)13-18(16)19(14)15-8-6-5-7-9-15;1-3-7-11-9(5-1)10-6-2-4-8-12(10)13-11;;;/h5-13H,1-4H3;1-7H,13H2;2*1H;/q;;;;+2/p-2. The first kappa shape index (κ1) is 24.8. The van der Waals surface area contributed by atoms with Gasteiger partial charge in [0, 0.05) is 0 Å². The molecule has 36 heavy (non-hydrogen) atoms. The second kappa shape index (κ2) is 9.07. The predicted molar refractivity (Wildman–Crippen MR) is 162 cm³/mol. The fourth-order valence-electron chi connectivity index (χ4n) is 6.21. The van der Waals surface area contributed by atoms with Crippen molar-refractivity contribution in [3.05, 3.63) is 107 Å². The Labute approximate surface area is 229 Å². The average Bonchev–Trinajstić information content (AvgIpc) is 3.43. The summed E-state index contributed by atoms with van der Waals surface area (Å²) in [5, 5.41) is 4.54. The van der Waals surface area contributed by atoms with Crippen molar-refractivity contribution in [3.8, 4) is 22.3 Å². The summed E-state index contributed by atoms with van der Waals surface area (Å²) in [7, 11) is 13.4. The van der Waals surface area contributed by atoms with Gasteiger partial charge in [-0.2, -0.15) is 0 Å². The van der Waals surface area contributed by atoms with Gasteiger partial charge in [-0.15, -0.1) is 0 Å². The fraction of sp³-hybridized carbons (Fsp3) is 0.161. The monoisotopic (exact) mass is 618 g/mol. The molecule has 0 bridgehead atoms. The first-order valence-electron chi connectivity index (χ1n) is 12.7. The summed E-state index contributed by atoms with van der Waals surface area (Å²) in [4.78, 5) is 0. The number of rotatable bonds is 4. The third kappa shape index (κ3) is 3.94. The number of hydrogen-bond donors (Lipinski definition) is 0. The third-order valence-electron chi connectivity index (χ3n) is 7.91. The zero-order valence-electron chi connectivity index (χ0n) is 21.2. The van der Waals surface area contributed by atoms with Gasteiger partial charge < -0.3 is 0 Å². The number of benzene rings is 4. The summed E-state index contributed by atoms with van der Waals surface area (Å²) in [6, 6.07) is 31.1. The van der Waals surface area contributed by atoms with Crippen LogP contribution in [0.2, 0.25) is 19.6 Å². The molecule has 0 amide bonds. The van der Waals surface area contributed by atoms with Gasteiger partial charge in [-0.3, -0.25) is 0 Å². The normalized spacial score (nSPS) is 17.1. The number of fused-ring (bicyclic) bond motifs is 4. The van der Waals surface area contributed by atoms with Crippen molar-refractivity contribution in [2.45, 2.75) is 30.2 Å². The third-order valence-corrected chi connectivity index (χ3v) is 25.0. The van der Waals surface area contributed by atoms with Crippen LogP contribution in [0.1, 0.15) is 20.3 Å². The van der Waals surface area contributed by atoms with Crippen LogP contribution >= 0.6 is 17.0 Å². The molecule has 1 unspecified atom stereocenters. The molecule has 1 aliphatic carbocycles. The molecule has 0 aromatic heterocycles. The molecule has 0 nitrogen and oxygen atoms in total. The van der Waals surface area contributed by atoms with E-state index in [1.54, 1.807) is 0 Å². The Morgan fingerprint density at radius 3 is 2.22 bits per heavy atom. The minimum absolute atomic E-state index is 0.150. The zero-order valence-corrected chi connectivity index (χ0v) is 27.6. The summed E-state index contributed by atoms with van der Waals surface area (Å²) in [5.41, 5.74) is 9.38. The predicted octanol–water partition coefficient (Wildman–Crippen LogP) is 6.86. The van der Waals surface area contributed by atoms with Crippen LogP contribution in [-0.2, 0) is 17.9 Å². The van der Waals surface area contributed by atoms with Crippen molar-refractivity contribution in [3.63, 3.8) is 0 Å². The summed E-state index contributed by atoms with van der Waals surface area (Å²) in [5.74, 6) is 0. The number of halogens is 2. The Balaban J connectivity index is 1.56. The van der Waals surface area contributed by atoms with E-state index in [0.717, 1.165) is 0 Å². The fourth-order valence-corrected chi connectivity index (χ4v) is 29.4. The first-order valence-corrected chi connectivity index (χ1v) is 26.6. The van der Waals surface area contributed by atoms with E-state index in [-0.39, 0.29) is 3.63 Å². The van der Waals surface area contributed by atoms with Crippen LogP contribution < -0.4 is 13.6 Å². The molecule has 4 aromatic carbocycles. The van der Waals surface area contributed by atoms with Crippen LogP contribution in [0, 0.1) is 6.92 Å². The molecule has 1 atom stereocenters. The molecule has 2 aliphatic rings. The molecule has 180 valence electrons. The Morgan fingerprint density at radius 2 is 1.47 bits per heavy atom. The van der Waals surface area contributed by atoms with E-state index in [1.165, 1.54) is 57.8 Å². The van der Waals surface area contributed by atoms with E-state index in [9.17, 15) is 0 Å². The van der Waals surface area contributed by atoms with Crippen molar-refractivity contribution in [2.75, 3.05) is 0 Å². The molecule has 1 aliphatic heterocycles. The van der Waals surface area contributed by atoms with Gasteiger partial charge in [0.25, 0.3) is 0 Å². The van der Waals surface area contributed by atoms with Gasteiger partial charge in [0.2, 0.25) is 0 Å². The van der Waals surface area contributed by atoms with E-state index >= 15 is 0 Å². The van der Waals surface area contributed by atoms with Crippen molar-refractivity contribution in [1.29, 1.82) is 0 Å². The van der Waals surface area contributed by atoms with Crippen molar-refractivity contribution < 1.29 is 17.9 Å². The molecule has 5 heteroatoms. The summed E-state index contributed by atoms with van der Waals surface area (Å²) in [6.07, 6.45) is 2.49. The molecule has 0 N–H and O–H groups in total. The van der Waals surface area contributed by atoms with Gasteiger partial charge in [-0.25, -0.2) is 0 Å². The second-order valence-electron chi connectivity index (χ2n) is 11.2. The van der Waals surface area contributed by atoms with Gasteiger partial charge >= 0.3 is 231 Å². The van der Waals surface area contributed by atoms with E-state index < -0.39 is 35.5 Å². The van der Waals surface area contributed by atoms with Crippen molar-refractivity contribution in [1.82, 2.24) is 0 Å². The molecule has 0 spiro atoms. The van der Waals surface area contributed by atoms with Gasteiger partial charge in [0.1, 0.15) is 0 Å². The van der Waals surface area contributed by atoms with Crippen molar-refractivity contribution in [2.24, 2.45) is 0 Å². The van der Waals surface area contributed by atoms with E-state index in [4.69, 9.17) is 17.0 Å². The summed E-state index contributed by atoms with van der Waals surface area (Å²) >= 11 is -3.95. The molecule has 0 saturated carbocycles. The zero-order chi connectivity index (χ0) is 25.2. The molecule has 6 rings (SSSR count). The Kier molecular flexibility index (Phi) is 6.25. The topological polar surface area (TPSA) is 0 Å². The maximum atomic E-state index is 7.84. The number of aryl methyl sites for hydroxylation is 1. The minimum atomic E-state index is -3.95. The Morgan fingerprint density at radius 1 is 0.778 bits per heavy atom. The van der Waals surface area contributed by atoms with Crippen LogP contribution in [-0.4, -0.2) is 17.6 Å². The van der Waals surface area contributed by atoms with E-state index in [1.807, 2.05) is 0 Å². The van der Waals surface area contributed by atoms with Gasteiger partial charge in [-0.05, 0) is 0 Å². The van der Waals surface area contributed by atoms with Crippen LogP contribution in [0.15, 0.2) is 90.1 Å².